The number of methoxy groups -OCH3 is 1. The van der Waals surface area contributed by atoms with Gasteiger partial charge < -0.3 is 0 Å². The number of carbonyl (C=O) groups excluding carboxylic acids is 1. The third-order valence-corrected chi connectivity index (χ3v) is 9.04. The molecule has 0 spiro atoms. The van der Waals surface area contributed by atoms with E-state index < -0.39 is 35.2 Å². The van der Waals surface area contributed by atoms with Gasteiger partial charge in [-0.05, 0) is 0 Å². The van der Waals surface area contributed by atoms with Crippen LogP contribution in [0.2, 0.25) is 4.82 Å². The molecule has 1 amide bonds. The fourth-order valence-corrected chi connectivity index (χ4v) is 7.42. The number of hydrogen-bond donors (Lipinski definition) is 0. The van der Waals surface area contributed by atoms with Gasteiger partial charge in [-0.1, -0.05) is 0 Å². The number of likely N-dealkylation sites (tertiary alicyclic amines) is 1. The van der Waals surface area contributed by atoms with Crippen LogP contribution in [0.15, 0.2) is 30.3 Å². The summed E-state index contributed by atoms with van der Waals surface area (Å²) < 4.78 is 62.5. The molecule has 0 aliphatic carbocycles. The SMILES string of the molecule is COCc1nn2c(CN3CC(CC(C)(F)F)C([Se]c4ccccc4)C3=O)c(C(F)F)nc2s1. The van der Waals surface area contributed by atoms with Crippen molar-refractivity contribution < 1.29 is 27.1 Å². The second-order valence-corrected chi connectivity index (χ2v) is 11.6. The predicted octanol–water partition coefficient (Wildman–Crippen LogP) is 3.70. The summed E-state index contributed by atoms with van der Waals surface area (Å²) in [6, 6.07) is 9.28. The van der Waals surface area contributed by atoms with Gasteiger partial charge in [-0.2, -0.15) is 0 Å². The molecule has 1 fully saturated rings. The Kier molecular flexibility index (Phi) is 7.09. The molecule has 3 heterocycles. The number of halogens is 4. The Morgan fingerprint density at radius 1 is 1.30 bits per heavy atom. The number of hydrogen-bond acceptors (Lipinski definition) is 5. The molecule has 2 atom stereocenters. The van der Waals surface area contributed by atoms with Crippen LogP contribution in [-0.4, -0.2) is 59.9 Å². The molecule has 0 N–H and O–H groups in total. The number of rotatable bonds is 9. The molecule has 2 aromatic heterocycles. The van der Waals surface area contributed by atoms with Gasteiger partial charge in [0.15, 0.2) is 0 Å². The van der Waals surface area contributed by atoms with Crippen molar-refractivity contribution in [1.29, 1.82) is 0 Å². The van der Waals surface area contributed by atoms with Crippen molar-refractivity contribution in [1.82, 2.24) is 19.5 Å². The zero-order chi connectivity index (χ0) is 23.8. The van der Waals surface area contributed by atoms with Gasteiger partial charge in [0.2, 0.25) is 0 Å². The maximum absolute atomic E-state index is 13.9. The van der Waals surface area contributed by atoms with E-state index in [1.807, 2.05) is 30.3 Å². The fourth-order valence-electron chi connectivity index (χ4n) is 3.95. The van der Waals surface area contributed by atoms with E-state index in [1.54, 1.807) is 0 Å². The zero-order valence-corrected chi connectivity index (χ0v) is 20.4. The second-order valence-electron chi connectivity index (χ2n) is 7.97. The molecule has 12 heteroatoms. The van der Waals surface area contributed by atoms with Gasteiger partial charge in [0, 0.05) is 0 Å². The molecule has 6 nitrogen and oxygen atoms in total. The molecular weight excluding hydrogens is 527 g/mol. The Balaban J connectivity index is 1.64. The minimum atomic E-state index is -2.94. The molecule has 178 valence electrons. The summed E-state index contributed by atoms with van der Waals surface area (Å²) in [5.41, 5.74) is -0.346. The summed E-state index contributed by atoms with van der Waals surface area (Å²) in [5.74, 6) is -3.81. The topological polar surface area (TPSA) is 59.7 Å². The zero-order valence-electron chi connectivity index (χ0n) is 17.9. The summed E-state index contributed by atoms with van der Waals surface area (Å²) in [5, 5.41) is 4.86. The number of ether oxygens (including phenoxy) is 1. The van der Waals surface area contributed by atoms with Crippen LogP contribution in [-0.2, 0) is 22.7 Å². The average Bonchev–Trinajstić information content (AvgIpc) is 3.36. The van der Waals surface area contributed by atoms with Crippen molar-refractivity contribution >= 4 is 41.6 Å². The van der Waals surface area contributed by atoms with Gasteiger partial charge in [-0.3, -0.25) is 0 Å². The molecule has 33 heavy (non-hydrogen) atoms. The minimum absolute atomic E-state index is 0.0759. The van der Waals surface area contributed by atoms with Gasteiger partial charge >= 0.3 is 198 Å². The molecule has 0 saturated carbocycles. The van der Waals surface area contributed by atoms with Crippen molar-refractivity contribution in [3.8, 4) is 0 Å². The Labute approximate surface area is 198 Å². The monoisotopic (exact) mass is 550 g/mol. The van der Waals surface area contributed by atoms with E-state index in [2.05, 4.69) is 10.1 Å². The number of alkyl halides is 4. The fraction of sp³-hybridized carbons (Fsp3) is 0.476. The van der Waals surface area contributed by atoms with Gasteiger partial charge in [-0.15, -0.1) is 0 Å². The molecule has 1 aliphatic rings. The first-order valence-electron chi connectivity index (χ1n) is 10.2. The van der Waals surface area contributed by atoms with Crippen molar-refractivity contribution in [2.75, 3.05) is 13.7 Å². The molecule has 2 unspecified atom stereocenters. The summed E-state index contributed by atoms with van der Waals surface area (Å²) in [6.45, 7) is 0.958. The summed E-state index contributed by atoms with van der Waals surface area (Å²) in [4.78, 5) is 18.4. The van der Waals surface area contributed by atoms with Crippen molar-refractivity contribution in [3.05, 3.63) is 46.7 Å². The van der Waals surface area contributed by atoms with Crippen LogP contribution in [0.4, 0.5) is 17.6 Å². The number of benzene rings is 1. The molecule has 1 aliphatic heterocycles. The Morgan fingerprint density at radius 3 is 2.67 bits per heavy atom. The van der Waals surface area contributed by atoms with Crippen LogP contribution in [0, 0.1) is 5.92 Å². The number of nitrogens with zero attached hydrogens (tertiary/aromatic N) is 4. The molecule has 1 aromatic carbocycles. The molecule has 4 rings (SSSR count). The summed E-state index contributed by atoms with van der Waals surface area (Å²) in [6.07, 6.45) is -3.29. The van der Waals surface area contributed by atoms with Gasteiger partial charge in [-0.25, -0.2) is 0 Å². The standard InChI is InChI=1S/C21H22F4N4O2SSe/c1-21(24,25)8-12-9-28(19(30)17(12)33-13-6-4-3-5-7-13)10-14-16(18(22)23)26-20-29(14)27-15(32-20)11-31-2/h3-7,12,17-18H,8-11H2,1-2H3. The van der Waals surface area contributed by atoms with E-state index in [-0.39, 0.29) is 51.2 Å². The normalized spacial score (nSPS) is 19.4. The van der Waals surface area contributed by atoms with Gasteiger partial charge in [0.25, 0.3) is 0 Å². The van der Waals surface area contributed by atoms with E-state index in [0.717, 1.165) is 22.7 Å². The van der Waals surface area contributed by atoms with Crippen molar-refractivity contribution in [3.63, 3.8) is 0 Å². The maximum atomic E-state index is 13.9. The molecule has 1 saturated heterocycles. The number of fused-ring (bicyclic) bond motifs is 1. The third kappa shape index (κ3) is 5.40. The number of amides is 1. The number of imidazole rings is 1. The predicted molar refractivity (Wildman–Crippen MR) is 116 cm³/mol. The van der Waals surface area contributed by atoms with Crippen molar-refractivity contribution in [2.45, 2.75) is 43.7 Å². The van der Waals surface area contributed by atoms with Gasteiger partial charge in [0.1, 0.15) is 0 Å². The first kappa shape index (κ1) is 24.1. The van der Waals surface area contributed by atoms with E-state index >= 15 is 0 Å². The van der Waals surface area contributed by atoms with E-state index in [1.165, 1.54) is 16.5 Å². The first-order chi connectivity index (χ1) is 15.7. The van der Waals surface area contributed by atoms with E-state index in [9.17, 15) is 22.4 Å². The van der Waals surface area contributed by atoms with Crippen LogP contribution in [0.3, 0.4) is 0 Å². The quantitative estimate of drug-likeness (QED) is 0.302. The van der Waals surface area contributed by atoms with Crippen LogP contribution in [0.5, 0.6) is 0 Å². The van der Waals surface area contributed by atoms with Crippen LogP contribution >= 0.6 is 11.3 Å². The summed E-state index contributed by atoms with van der Waals surface area (Å²) >= 11 is 0.759. The first-order valence-corrected chi connectivity index (χ1v) is 12.8. The van der Waals surface area contributed by atoms with Crippen LogP contribution < -0.4 is 4.46 Å². The number of carbonyl (C=O) groups is 1. The number of aromatic nitrogens is 3. The Bertz CT molecular complexity index is 1120. The second kappa shape index (κ2) is 9.69. The third-order valence-electron chi connectivity index (χ3n) is 5.25. The Morgan fingerprint density at radius 2 is 2.03 bits per heavy atom. The van der Waals surface area contributed by atoms with E-state index in [4.69, 9.17) is 4.74 Å². The Hall–Kier alpha value is -2.01. The average molecular weight is 549 g/mol. The van der Waals surface area contributed by atoms with E-state index in [0.29, 0.717) is 5.01 Å². The molecule has 0 radical (unpaired) electrons. The molecule has 3 aromatic rings. The van der Waals surface area contributed by atoms with Crippen molar-refractivity contribution in [2.24, 2.45) is 5.92 Å². The van der Waals surface area contributed by atoms with Gasteiger partial charge in [0.05, 0.1) is 0 Å². The van der Waals surface area contributed by atoms with Crippen LogP contribution in [0.25, 0.3) is 4.96 Å². The molecule has 0 bridgehead atoms. The summed E-state index contributed by atoms with van der Waals surface area (Å²) in [7, 11) is 1.50. The van der Waals surface area contributed by atoms with Crippen LogP contribution in [0.1, 0.15) is 36.2 Å². The molecular formula is C21H22F4N4O2SSe.